The van der Waals surface area contributed by atoms with E-state index in [-0.39, 0.29) is 12.3 Å². The van der Waals surface area contributed by atoms with Gasteiger partial charge in [0, 0.05) is 5.56 Å². The van der Waals surface area contributed by atoms with Gasteiger partial charge in [0.05, 0.1) is 6.54 Å². The van der Waals surface area contributed by atoms with Gasteiger partial charge in [0.15, 0.2) is 0 Å². The zero-order valence-electron chi connectivity index (χ0n) is 7.97. The van der Waals surface area contributed by atoms with Crippen LogP contribution in [0.2, 0.25) is 0 Å². The minimum absolute atomic E-state index is 0.0607. The molecule has 1 aromatic rings. The molecular formula is C11H11NO3. The SMILES string of the molecule is C#CCNC(C(=O)O)c1ccccc1O. The first-order chi connectivity index (χ1) is 7.16. The lowest BCUT2D eigenvalue weighted by atomic mass is 10.1. The summed E-state index contributed by atoms with van der Waals surface area (Å²) >= 11 is 0. The summed E-state index contributed by atoms with van der Waals surface area (Å²) in [6.07, 6.45) is 5.03. The largest absolute Gasteiger partial charge is 0.508 e. The Balaban J connectivity index is 2.95. The number of para-hydroxylation sites is 1. The van der Waals surface area contributed by atoms with Gasteiger partial charge in [-0.2, -0.15) is 0 Å². The number of rotatable bonds is 4. The molecule has 4 nitrogen and oxygen atoms in total. The van der Waals surface area contributed by atoms with Gasteiger partial charge in [-0.25, -0.2) is 0 Å². The van der Waals surface area contributed by atoms with Gasteiger partial charge in [0.25, 0.3) is 0 Å². The third-order valence-electron chi connectivity index (χ3n) is 1.90. The van der Waals surface area contributed by atoms with E-state index in [4.69, 9.17) is 11.5 Å². The fourth-order valence-electron chi connectivity index (χ4n) is 1.22. The molecule has 1 atom stereocenters. The van der Waals surface area contributed by atoms with Crippen LogP contribution in [0.5, 0.6) is 5.75 Å². The Morgan fingerprint density at radius 2 is 2.20 bits per heavy atom. The average molecular weight is 205 g/mol. The highest BCUT2D eigenvalue weighted by Crippen LogP contribution is 2.23. The fraction of sp³-hybridized carbons (Fsp3) is 0.182. The third kappa shape index (κ3) is 2.73. The zero-order valence-corrected chi connectivity index (χ0v) is 7.97. The number of hydrogen-bond acceptors (Lipinski definition) is 3. The Morgan fingerprint density at radius 3 is 2.73 bits per heavy atom. The number of terminal acetylenes is 1. The molecule has 3 N–H and O–H groups in total. The maximum absolute atomic E-state index is 10.9. The van der Waals surface area contributed by atoms with E-state index >= 15 is 0 Å². The molecule has 0 bridgehead atoms. The lowest BCUT2D eigenvalue weighted by Gasteiger charge is -2.14. The van der Waals surface area contributed by atoms with Crippen LogP contribution in [-0.2, 0) is 4.79 Å². The first-order valence-electron chi connectivity index (χ1n) is 4.34. The van der Waals surface area contributed by atoms with Crippen molar-refractivity contribution >= 4 is 5.97 Å². The second kappa shape index (κ2) is 5.03. The number of aliphatic carboxylic acids is 1. The molecule has 0 aliphatic rings. The summed E-state index contributed by atoms with van der Waals surface area (Å²) in [7, 11) is 0. The standard InChI is InChI=1S/C11H11NO3/c1-2-7-12-10(11(14)15)8-5-3-4-6-9(8)13/h1,3-6,10,12-13H,7H2,(H,14,15). The van der Waals surface area contributed by atoms with Gasteiger partial charge in [-0.15, -0.1) is 6.42 Å². The van der Waals surface area contributed by atoms with Crippen molar-refractivity contribution in [1.29, 1.82) is 0 Å². The van der Waals surface area contributed by atoms with Crippen LogP contribution in [0.3, 0.4) is 0 Å². The van der Waals surface area contributed by atoms with Crippen molar-refractivity contribution < 1.29 is 15.0 Å². The Hall–Kier alpha value is -1.99. The van der Waals surface area contributed by atoms with Crippen LogP contribution in [0.1, 0.15) is 11.6 Å². The molecule has 0 fully saturated rings. The van der Waals surface area contributed by atoms with Gasteiger partial charge in [0.1, 0.15) is 11.8 Å². The number of nitrogens with one attached hydrogen (secondary N) is 1. The molecule has 0 spiro atoms. The number of carboxylic acids is 1. The van der Waals surface area contributed by atoms with Crippen LogP contribution < -0.4 is 5.32 Å². The highest BCUT2D eigenvalue weighted by Gasteiger charge is 2.21. The van der Waals surface area contributed by atoms with Gasteiger partial charge in [-0.3, -0.25) is 10.1 Å². The third-order valence-corrected chi connectivity index (χ3v) is 1.90. The quantitative estimate of drug-likeness (QED) is 0.634. The summed E-state index contributed by atoms with van der Waals surface area (Å²) in [5, 5.41) is 21.0. The van der Waals surface area contributed by atoms with Crippen molar-refractivity contribution in [2.45, 2.75) is 6.04 Å². The first kappa shape index (κ1) is 11.1. The van der Waals surface area contributed by atoms with Crippen molar-refractivity contribution in [3.05, 3.63) is 29.8 Å². The van der Waals surface area contributed by atoms with Crippen LogP contribution in [0.4, 0.5) is 0 Å². The number of phenols is 1. The van der Waals surface area contributed by atoms with E-state index in [1.807, 2.05) is 0 Å². The first-order valence-corrected chi connectivity index (χ1v) is 4.34. The summed E-state index contributed by atoms with van der Waals surface area (Å²) < 4.78 is 0. The van der Waals surface area contributed by atoms with Gasteiger partial charge in [0.2, 0.25) is 0 Å². The Bertz CT molecular complexity index is 395. The summed E-state index contributed by atoms with van der Waals surface area (Å²) in [5.74, 6) is 1.15. The lowest BCUT2D eigenvalue weighted by molar-refractivity contribution is -0.139. The van der Waals surface area contributed by atoms with Gasteiger partial charge in [-0.05, 0) is 6.07 Å². The molecule has 0 amide bonds. The molecule has 0 heterocycles. The molecule has 1 rings (SSSR count). The normalized spacial score (nSPS) is 11.7. The lowest BCUT2D eigenvalue weighted by Crippen LogP contribution is -2.28. The number of benzene rings is 1. The van der Waals surface area contributed by atoms with Crippen LogP contribution in [-0.4, -0.2) is 22.7 Å². The van der Waals surface area contributed by atoms with Crippen LogP contribution in [0.15, 0.2) is 24.3 Å². The summed E-state index contributed by atoms with van der Waals surface area (Å²) in [4.78, 5) is 10.9. The molecule has 1 aromatic carbocycles. The topological polar surface area (TPSA) is 69.6 Å². The second-order valence-electron chi connectivity index (χ2n) is 2.92. The average Bonchev–Trinajstić information content (AvgIpc) is 2.20. The number of carboxylic acid groups (broad SMARTS) is 1. The Morgan fingerprint density at radius 1 is 1.53 bits per heavy atom. The minimum atomic E-state index is -1.08. The Labute approximate surface area is 87.6 Å². The molecule has 1 unspecified atom stereocenters. The Kier molecular flexibility index (Phi) is 3.72. The van der Waals surface area contributed by atoms with Crippen molar-refractivity contribution in [3.63, 3.8) is 0 Å². The number of aromatic hydroxyl groups is 1. The number of hydrogen-bond donors (Lipinski definition) is 3. The molecule has 4 heteroatoms. The van der Waals surface area contributed by atoms with Crippen LogP contribution in [0, 0.1) is 12.3 Å². The summed E-state index contributed by atoms with van der Waals surface area (Å²) in [6.45, 7) is 0.130. The predicted octanol–water partition coefficient (Wildman–Crippen LogP) is 0.741. The number of phenolic OH excluding ortho intramolecular Hbond substituents is 1. The second-order valence-corrected chi connectivity index (χ2v) is 2.92. The molecule has 15 heavy (non-hydrogen) atoms. The predicted molar refractivity (Wildman–Crippen MR) is 55.3 cm³/mol. The summed E-state index contributed by atoms with van der Waals surface area (Å²) in [5.41, 5.74) is 0.306. The van der Waals surface area contributed by atoms with E-state index in [2.05, 4.69) is 11.2 Å². The van der Waals surface area contributed by atoms with E-state index in [1.165, 1.54) is 12.1 Å². The summed E-state index contributed by atoms with van der Waals surface area (Å²) in [6, 6.07) is 5.27. The van der Waals surface area contributed by atoms with Crippen molar-refractivity contribution in [2.24, 2.45) is 0 Å². The smallest absolute Gasteiger partial charge is 0.325 e. The van der Waals surface area contributed by atoms with Crippen molar-refractivity contribution in [2.75, 3.05) is 6.54 Å². The van der Waals surface area contributed by atoms with E-state index in [0.717, 1.165) is 0 Å². The van der Waals surface area contributed by atoms with Crippen LogP contribution in [0.25, 0.3) is 0 Å². The monoisotopic (exact) mass is 205 g/mol. The van der Waals surface area contributed by atoms with E-state index in [9.17, 15) is 9.90 Å². The maximum Gasteiger partial charge on any atom is 0.325 e. The highest BCUT2D eigenvalue weighted by molar-refractivity contribution is 5.76. The van der Waals surface area contributed by atoms with Crippen molar-refractivity contribution in [1.82, 2.24) is 5.32 Å². The highest BCUT2D eigenvalue weighted by atomic mass is 16.4. The maximum atomic E-state index is 10.9. The van der Waals surface area contributed by atoms with Crippen LogP contribution >= 0.6 is 0 Å². The molecule has 78 valence electrons. The van der Waals surface area contributed by atoms with E-state index < -0.39 is 12.0 Å². The van der Waals surface area contributed by atoms with Crippen molar-refractivity contribution in [3.8, 4) is 18.1 Å². The molecule has 0 saturated carbocycles. The van der Waals surface area contributed by atoms with E-state index in [0.29, 0.717) is 5.56 Å². The molecular weight excluding hydrogens is 194 g/mol. The molecule has 0 saturated heterocycles. The van der Waals surface area contributed by atoms with Gasteiger partial charge >= 0.3 is 5.97 Å². The van der Waals surface area contributed by atoms with E-state index in [1.54, 1.807) is 12.1 Å². The molecule has 0 aliphatic heterocycles. The fourth-order valence-corrected chi connectivity index (χ4v) is 1.22. The molecule has 0 radical (unpaired) electrons. The number of carbonyl (C=O) groups is 1. The van der Waals surface area contributed by atoms with Gasteiger partial charge in [-0.1, -0.05) is 24.1 Å². The molecule has 0 aromatic heterocycles. The van der Waals surface area contributed by atoms with Gasteiger partial charge < -0.3 is 10.2 Å². The molecule has 0 aliphatic carbocycles. The zero-order chi connectivity index (χ0) is 11.3. The minimum Gasteiger partial charge on any atom is -0.508 e.